The number of urea groups is 1. The van der Waals surface area contributed by atoms with Gasteiger partial charge in [0.1, 0.15) is 0 Å². The van der Waals surface area contributed by atoms with Gasteiger partial charge in [0, 0.05) is 16.6 Å². The molecule has 1 heterocycles. The number of hydrogen-bond donors (Lipinski definition) is 3. The number of amides is 2. The largest absolute Gasteiger partial charge is 0.375 e. The van der Waals surface area contributed by atoms with Crippen LogP contribution in [-0.2, 0) is 0 Å². The minimum Gasteiger partial charge on any atom is -0.375 e. The van der Waals surface area contributed by atoms with Crippen LogP contribution >= 0.6 is 11.3 Å². The van der Waals surface area contributed by atoms with E-state index >= 15 is 0 Å². The van der Waals surface area contributed by atoms with Gasteiger partial charge in [0.15, 0.2) is 5.13 Å². The molecule has 0 bridgehead atoms. The van der Waals surface area contributed by atoms with Gasteiger partial charge in [-0.1, -0.05) is 12.1 Å². The number of nitrogens with one attached hydrogen (secondary N) is 1. The Balaban J connectivity index is 2.22. The van der Waals surface area contributed by atoms with Gasteiger partial charge in [-0.25, -0.2) is 9.78 Å². The second-order valence-electron chi connectivity index (χ2n) is 3.14. The summed E-state index contributed by atoms with van der Waals surface area (Å²) in [4.78, 5) is 14.8. The van der Waals surface area contributed by atoms with Crippen molar-refractivity contribution in [3.05, 3.63) is 29.6 Å². The van der Waals surface area contributed by atoms with Crippen LogP contribution in [0.4, 0.5) is 15.6 Å². The summed E-state index contributed by atoms with van der Waals surface area (Å²) >= 11 is 1.39. The topological polar surface area (TPSA) is 94.0 Å². The van der Waals surface area contributed by atoms with E-state index in [9.17, 15) is 4.79 Å². The lowest BCUT2D eigenvalue weighted by Gasteiger charge is -2.02. The first-order valence-electron chi connectivity index (χ1n) is 4.53. The van der Waals surface area contributed by atoms with Crippen molar-refractivity contribution in [1.82, 2.24) is 4.98 Å². The summed E-state index contributed by atoms with van der Waals surface area (Å²) in [6, 6.07) is 6.63. The van der Waals surface area contributed by atoms with Crippen molar-refractivity contribution >= 4 is 28.2 Å². The molecule has 0 unspecified atom stereocenters. The number of rotatable bonds is 2. The number of benzene rings is 1. The molecule has 0 saturated carbocycles. The first-order chi connectivity index (χ1) is 7.65. The van der Waals surface area contributed by atoms with Crippen molar-refractivity contribution < 1.29 is 4.79 Å². The standard InChI is InChI=1S/C10H10N4OS/c11-9(15)13-7-3-1-6(2-4-7)8-5-16-10(12)14-8/h1-5H,(H2,12,14)(H3,11,13,15). The molecule has 0 saturated heterocycles. The summed E-state index contributed by atoms with van der Waals surface area (Å²) in [5.74, 6) is 0. The molecule has 0 aliphatic heterocycles. The Kier molecular flexibility index (Phi) is 2.74. The zero-order valence-electron chi connectivity index (χ0n) is 8.31. The van der Waals surface area contributed by atoms with Gasteiger partial charge < -0.3 is 16.8 Å². The van der Waals surface area contributed by atoms with Crippen LogP contribution in [0.3, 0.4) is 0 Å². The average Bonchev–Trinajstić information content (AvgIpc) is 2.65. The number of aromatic nitrogens is 1. The summed E-state index contributed by atoms with van der Waals surface area (Å²) in [6.45, 7) is 0. The molecule has 0 aliphatic rings. The Labute approximate surface area is 96.1 Å². The van der Waals surface area contributed by atoms with Crippen LogP contribution in [0.2, 0.25) is 0 Å². The van der Waals surface area contributed by atoms with E-state index in [2.05, 4.69) is 10.3 Å². The minimum absolute atomic E-state index is 0.536. The van der Waals surface area contributed by atoms with Gasteiger partial charge in [-0.15, -0.1) is 11.3 Å². The second kappa shape index (κ2) is 4.19. The van der Waals surface area contributed by atoms with Crippen molar-refractivity contribution in [2.75, 3.05) is 11.1 Å². The van der Waals surface area contributed by atoms with Gasteiger partial charge in [0.05, 0.1) is 5.69 Å². The molecule has 0 atom stereocenters. The number of carbonyl (C=O) groups excluding carboxylic acids is 1. The van der Waals surface area contributed by atoms with Crippen LogP contribution in [0.25, 0.3) is 11.3 Å². The molecule has 1 aromatic heterocycles. The van der Waals surface area contributed by atoms with E-state index in [-0.39, 0.29) is 0 Å². The lowest BCUT2D eigenvalue weighted by atomic mass is 10.1. The Morgan fingerprint density at radius 2 is 2.00 bits per heavy atom. The highest BCUT2D eigenvalue weighted by molar-refractivity contribution is 7.13. The Morgan fingerprint density at radius 3 is 2.50 bits per heavy atom. The van der Waals surface area contributed by atoms with Crippen LogP contribution in [0.15, 0.2) is 29.6 Å². The van der Waals surface area contributed by atoms with E-state index in [0.717, 1.165) is 11.3 Å². The molecule has 5 nitrogen and oxygen atoms in total. The zero-order chi connectivity index (χ0) is 11.5. The maximum Gasteiger partial charge on any atom is 0.316 e. The average molecular weight is 234 g/mol. The molecule has 5 N–H and O–H groups in total. The van der Waals surface area contributed by atoms with Crippen LogP contribution in [-0.4, -0.2) is 11.0 Å². The third-order valence-corrected chi connectivity index (χ3v) is 2.64. The summed E-state index contributed by atoms with van der Waals surface area (Å²) in [7, 11) is 0. The van der Waals surface area contributed by atoms with Gasteiger partial charge in [-0.3, -0.25) is 0 Å². The summed E-state index contributed by atoms with van der Waals surface area (Å²) in [5.41, 5.74) is 13.0. The normalized spacial score (nSPS) is 10.0. The lowest BCUT2D eigenvalue weighted by Crippen LogP contribution is -2.19. The molecular weight excluding hydrogens is 224 g/mol. The summed E-state index contributed by atoms with van der Waals surface area (Å²) in [6.07, 6.45) is 0. The molecule has 1 aromatic carbocycles. The van der Waals surface area contributed by atoms with E-state index in [0.29, 0.717) is 10.8 Å². The number of nitrogen functional groups attached to an aromatic ring is 1. The fourth-order valence-corrected chi connectivity index (χ4v) is 1.86. The number of hydrogen-bond acceptors (Lipinski definition) is 4. The number of carbonyl (C=O) groups is 1. The maximum absolute atomic E-state index is 10.6. The Bertz CT molecular complexity index is 506. The van der Waals surface area contributed by atoms with Gasteiger partial charge in [-0.2, -0.15) is 0 Å². The number of nitrogens with zero attached hydrogens (tertiary/aromatic N) is 1. The first-order valence-corrected chi connectivity index (χ1v) is 5.41. The summed E-state index contributed by atoms with van der Waals surface area (Å²) < 4.78 is 0. The predicted molar refractivity (Wildman–Crippen MR) is 65.2 cm³/mol. The molecule has 0 radical (unpaired) electrons. The quantitative estimate of drug-likeness (QED) is 0.740. The zero-order valence-corrected chi connectivity index (χ0v) is 9.12. The van der Waals surface area contributed by atoms with Crippen LogP contribution < -0.4 is 16.8 Å². The van der Waals surface area contributed by atoms with Crippen molar-refractivity contribution in [3.8, 4) is 11.3 Å². The fraction of sp³-hybridized carbons (Fsp3) is 0. The molecule has 0 aliphatic carbocycles. The fourth-order valence-electron chi connectivity index (χ4n) is 1.29. The molecule has 2 amide bonds. The van der Waals surface area contributed by atoms with Crippen molar-refractivity contribution in [1.29, 1.82) is 0 Å². The van der Waals surface area contributed by atoms with E-state index in [4.69, 9.17) is 11.5 Å². The molecule has 82 valence electrons. The Hall–Kier alpha value is -2.08. The first kappa shape index (κ1) is 10.4. The van der Waals surface area contributed by atoms with Gasteiger partial charge >= 0.3 is 6.03 Å². The highest BCUT2D eigenvalue weighted by Gasteiger charge is 2.02. The van der Waals surface area contributed by atoms with E-state index in [1.165, 1.54) is 11.3 Å². The molecule has 2 rings (SSSR count). The molecule has 0 fully saturated rings. The highest BCUT2D eigenvalue weighted by atomic mass is 32.1. The van der Waals surface area contributed by atoms with Gasteiger partial charge in [0.2, 0.25) is 0 Å². The number of anilines is 2. The smallest absolute Gasteiger partial charge is 0.316 e. The number of thiazole rings is 1. The van der Waals surface area contributed by atoms with Gasteiger partial charge in [0.25, 0.3) is 0 Å². The third-order valence-electron chi connectivity index (χ3n) is 1.97. The lowest BCUT2D eigenvalue weighted by molar-refractivity contribution is 0.259. The molecule has 16 heavy (non-hydrogen) atoms. The van der Waals surface area contributed by atoms with E-state index in [1.807, 2.05) is 17.5 Å². The second-order valence-corrected chi connectivity index (χ2v) is 4.03. The monoisotopic (exact) mass is 234 g/mol. The SMILES string of the molecule is NC(=O)Nc1ccc(-c2csc(N)n2)cc1. The van der Waals surface area contributed by atoms with Crippen LogP contribution in [0.1, 0.15) is 0 Å². The third kappa shape index (κ3) is 2.29. The van der Waals surface area contributed by atoms with Crippen molar-refractivity contribution in [2.45, 2.75) is 0 Å². The van der Waals surface area contributed by atoms with Crippen LogP contribution in [0.5, 0.6) is 0 Å². The molecular formula is C10H10N4OS. The van der Waals surface area contributed by atoms with Crippen LogP contribution in [0, 0.1) is 0 Å². The van der Waals surface area contributed by atoms with E-state index < -0.39 is 6.03 Å². The minimum atomic E-state index is -0.578. The van der Waals surface area contributed by atoms with Crippen molar-refractivity contribution in [2.24, 2.45) is 5.73 Å². The Morgan fingerprint density at radius 1 is 1.31 bits per heavy atom. The van der Waals surface area contributed by atoms with E-state index in [1.54, 1.807) is 12.1 Å². The predicted octanol–water partition coefficient (Wildman–Crippen LogP) is 1.88. The number of primary amides is 1. The highest BCUT2D eigenvalue weighted by Crippen LogP contribution is 2.24. The maximum atomic E-state index is 10.6. The molecule has 0 spiro atoms. The number of nitrogens with two attached hydrogens (primary N) is 2. The molecule has 2 aromatic rings. The summed E-state index contributed by atoms with van der Waals surface area (Å²) in [5, 5.41) is 4.90. The van der Waals surface area contributed by atoms with Gasteiger partial charge in [-0.05, 0) is 12.1 Å². The van der Waals surface area contributed by atoms with Crippen molar-refractivity contribution in [3.63, 3.8) is 0 Å². The molecule has 6 heteroatoms.